The van der Waals surface area contributed by atoms with Crippen LogP contribution in [0.25, 0.3) is 0 Å². The molecule has 2 aromatic rings. The van der Waals surface area contributed by atoms with Gasteiger partial charge in [0.2, 0.25) is 0 Å². The Labute approximate surface area is 172 Å². The molecule has 1 N–H and O–H groups in total. The van der Waals surface area contributed by atoms with E-state index in [9.17, 15) is 14.4 Å². The summed E-state index contributed by atoms with van der Waals surface area (Å²) in [4.78, 5) is 35.7. The molecule has 1 aliphatic rings. The summed E-state index contributed by atoms with van der Waals surface area (Å²) in [5.74, 6) is -0.265. The molecule has 9 nitrogen and oxygen atoms in total. The van der Waals surface area contributed by atoms with Crippen LogP contribution in [0.1, 0.15) is 20.7 Å². The van der Waals surface area contributed by atoms with Gasteiger partial charge in [-0.05, 0) is 30.3 Å². The van der Waals surface area contributed by atoms with Gasteiger partial charge in [-0.15, -0.1) is 0 Å². The molecule has 0 aliphatic carbocycles. The molecule has 158 valence electrons. The van der Waals surface area contributed by atoms with Crippen LogP contribution in [0.4, 0.5) is 0 Å². The van der Waals surface area contributed by atoms with E-state index in [-0.39, 0.29) is 36.1 Å². The van der Waals surface area contributed by atoms with Crippen molar-refractivity contribution in [2.45, 2.75) is 6.10 Å². The summed E-state index contributed by atoms with van der Waals surface area (Å²) in [6.07, 6.45) is -0.336. The van der Waals surface area contributed by atoms with Gasteiger partial charge in [-0.2, -0.15) is 0 Å². The lowest BCUT2D eigenvalue weighted by Gasteiger charge is -2.26. The maximum absolute atomic E-state index is 12.1. The summed E-state index contributed by atoms with van der Waals surface area (Å²) < 4.78 is 26.1. The van der Waals surface area contributed by atoms with Crippen molar-refractivity contribution in [3.63, 3.8) is 0 Å². The van der Waals surface area contributed by atoms with Gasteiger partial charge in [0.25, 0.3) is 5.91 Å². The van der Waals surface area contributed by atoms with E-state index in [1.807, 2.05) is 18.2 Å². The molecular weight excluding hydrogens is 394 g/mol. The van der Waals surface area contributed by atoms with Gasteiger partial charge < -0.3 is 29.0 Å². The van der Waals surface area contributed by atoms with E-state index >= 15 is 0 Å². The first-order valence-corrected chi connectivity index (χ1v) is 9.10. The largest absolute Gasteiger partial charge is 0.486 e. The van der Waals surface area contributed by atoms with Gasteiger partial charge in [0.1, 0.15) is 18.5 Å². The number of carbonyl (C=O) groups excluding carboxylic acids is 3. The van der Waals surface area contributed by atoms with Crippen LogP contribution in [-0.2, 0) is 14.3 Å². The number of carbonyl (C=O) groups is 3. The van der Waals surface area contributed by atoms with Crippen molar-refractivity contribution in [1.29, 1.82) is 0 Å². The predicted molar refractivity (Wildman–Crippen MR) is 104 cm³/mol. The molecule has 1 heterocycles. The van der Waals surface area contributed by atoms with Crippen LogP contribution in [0.5, 0.6) is 17.2 Å². The Balaban J connectivity index is 1.55. The maximum Gasteiger partial charge on any atom is 0.338 e. The standard InChI is InChI=1S/C21H21NO8/c1-26-20(24)13-7-14(21(25)27-2)9-15(8-13)28-12-19(23)22-10-16-11-29-17-5-3-4-6-18(17)30-16/h3-9,16H,10-12H2,1-2H3,(H,22,23)/t16-/m1/s1. The normalized spacial score (nSPS) is 14.4. The van der Waals surface area contributed by atoms with Crippen molar-refractivity contribution in [2.24, 2.45) is 0 Å². The Bertz CT molecular complexity index is 908. The van der Waals surface area contributed by atoms with E-state index in [1.54, 1.807) is 6.07 Å². The molecular formula is C21H21NO8. The summed E-state index contributed by atoms with van der Waals surface area (Å²) in [5, 5.41) is 2.70. The first-order chi connectivity index (χ1) is 14.5. The molecule has 1 aliphatic heterocycles. The highest BCUT2D eigenvalue weighted by Gasteiger charge is 2.21. The lowest BCUT2D eigenvalue weighted by Crippen LogP contribution is -2.42. The fourth-order valence-corrected chi connectivity index (χ4v) is 2.75. The Morgan fingerprint density at radius 1 is 1.00 bits per heavy atom. The van der Waals surface area contributed by atoms with E-state index in [0.29, 0.717) is 18.1 Å². The number of methoxy groups -OCH3 is 2. The minimum atomic E-state index is -0.648. The van der Waals surface area contributed by atoms with E-state index in [0.717, 1.165) is 0 Å². The van der Waals surface area contributed by atoms with Crippen LogP contribution in [0.15, 0.2) is 42.5 Å². The Kier molecular flexibility index (Phi) is 6.74. The minimum absolute atomic E-state index is 0.0993. The van der Waals surface area contributed by atoms with Crippen LogP contribution in [-0.4, -0.2) is 57.9 Å². The third-order valence-electron chi connectivity index (χ3n) is 4.21. The fourth-order valence-electron chi connectivity index (χ4n) is 2.75. The summed E-state index contributed by atoms with van der Waals surface area (Å²) in [6.45, 7) is 0.212. The molecule has 9 heteroatoms. The first-order valence-electron chi connectivity index (χ1n) is 9.10. The Morgan fingerprint density at radius 2 is 1.63 bits per heavy atom. The predicted octanol–water partition coefficient (Wildman–Crippen LogP) is 1.59. The van der Waals surface area contributed by atoms with Crippen LogP contribution < -0.4 is 19.5 Å². The van der Waals surface area contributed by atoms with Crippen LogP contribution >= 0.6 is 0 Å². The monoisotopic (exact) mass is 415 g/mol. The van der Waals surface area contributed by atoms with Gasteiger partial charge in [0.15, 0.2) is 18.1 Å². The summed E-state index contributed by atoms with van der Waals surface area (Å²) >= 11 is 0. The lowest BCUT2D eigenvalue weighted by molar-refractivity contribution is -0.123. The number of para-hydroxylation sites is 2. The third kappa shape index (κ3) is 5.19. The first kappa shape index (κ1) is 21.0. The summed E-state index contributed by atoms with van der Waals surface area (Å²) in [5.41, 5.74) is 0.199. The molecule has 30 heavy (non-hydrogen) atoms. The van der Waals surface area contributed by atoms with Gasteiger partial charge in [0.05, 0.1) is 31.9 Å². The molecule has 3 rings (SSSR count). The molecule has 1 amide bonds. The summed E-state index contributed by atoms with van der Waals surface area (Å²) in [7, 11) is 2.44. The van der Waals surface area contributed by atoms with Crippen molar-refractivity contribution in [3.05, 3.63) is 53.6 Å². The Morgan fingerprint density at radius 3 is 2.27 bits per heavy atom. The van der Waals surface area contributed by atoms with E-state index in [4.69, 9.17) is 14.2 Å². The van der Waals surface area contributed by atoms with Crippen LogP contribution in [0.3, 0.4) is 0 Å². The van der Waals surface area contributed by atoms with Gasteiger partial charge in [-0.25, -0.2) is 9.59 Å². The Hall–Kier alpha value is -3.75. The number of hydrogen-bond acceptors (Lipinski definition) is 8. The number of benzene rings is 2. The van der Waals surface area contributed by atoms with E-state index < -0.39 is 17.8 Å². The zero-order valence-corrected chi connectivity index (χ0v) is 16.5. The van der Waals surface area contributed by atoms with Crippen molar-refractivity contribution >= 4 is 17.8 Å². The molecule has 1 atom stereocenters. The highest BCUT2D eigenvalue weighted by Crippen LogP contribution is 2.30. The molecule has 0 fully saturated rings. The molecule has 0 unspecified atom stereocenters. The number of fused-ring (bicyclic) bond motifs is 1. The van der Waals surface area contributed by atoms with Crippen molar-refractivity contribution in [2.75, 3.05) is 34.0 Å². The van der Waals surface area contributed by atoms with Crippen molar-refractivity contribution in [3.8, 4) is 17.2 Å². The zero-order valence-electron chi connectivity index (χ0n) is 16.5. The number of hydrogen-bond donors (Lipinski definition) is 1. The summed E-state index contributed by atoms with van der Waals surface area (Å²) in [6, 6.07) is 11.4. The quantitative estimate of drug-likeness (QED) is 0.679. The number of rotatable bonds is 7. The van der Waals surface area contributed by atoms with Crippen LogP contribution in [0.2, 0.25) is 0 Å². The molecule has 0 bridgehead atoms. The third-order valence-corrected chi connectivity index (χ3v) is 4.21. The van der Waals surface area contributed by atoms with Crippen LogP contribution in [0, 0.1) is 0 Å². The van der Waals surface area contributed by atoms with Gasteiger partial charge >= 0.3 is 11.9 Å². The van der Waals surface area contributed by atoms with Gasteiger partial charge in [-0.1, -0.05) is 12.1 Å². The number of amides is 1. The number of ether oxygens (including phenoxy) is 5. The highest BCUT2D eigenvalue weighted by molar-refractivity contribution is 5.96. The molecule has 0 saturated carbocycles. The van der Waals surface area contributed by atoms with E-state index in [2.05, 4.69) is 14.8 Å². The molecule has 0 saturated heterocycles. The average molecular weight is 415 g/mol. The molecule has 0 radical (unpaired) electrons. The average Bonchev–Trinajstić information content (AvgIpc) is 2.79. The van der Waals surface area contributed by atoms with E-state index in [1.165, 1.54) is 32.4 Å². The molecule has 0 aromatic heterocycles. The molecule has 2 aromatic carbocycles. The SMILES string of the molecule is COC(=O)c1cc(OCC(=O)NC[C@@H]2COc3ccccc3O2)cc(C(=O)OC)c1. The second-order valence-corrected chi connectivity index (χ2v) is 6.32. The minimum Gasteiger partial charge on any atom is -0.486 e. The van der Waals surface area contributed by atoms with Gasteiger partial charge in [0, 0.05) is 0 Å². The van der Waals surface area contributed by atoms with Gasteiger partial charge in [-0.3, -0.25) is 4.79 Å². The maximum atomic E-state index is 12.1. The number of esters is 2. The zero-order chi connectivity index (χ0) is 21.5. The smallest absolute Gasteiger partial charge is 0.338 e. The lowest BCUT2D eigenvalue weighted by atomic mass is 10.1. The van der Waals surface area contributed by atoms with Crippen molar-refractivity contribution in [1.82, 2.24) is 5.32 Å². The fraction of sp³-hybridized carbons (Fsp3) is 0.286. The van der Waals surface area contributed by atoms with Crippen molar-refractivity contribution < 1.29 is 38.1 Å². The second-order valence-electron chi connectivity index (χ2n) is 6.32. The topological polar surface area (TPSA) is 109 Å². The number of nitrogens with one attached hydrogen (secondary N) is 1. The highest BCUT2D eigenvalue weighted by atomic mass is 16.6. The molecule has 0 spiro atoms. The second kappa shape index (κ2) is 9.64.